The van der Waals surface area contributed by atoms with Crippen LogP contribution < -0.4 is 9.47 Å². The van der Waals surface area contributed by atoms with E-state index in [0.29, 0.717) is 0 Å². The molecule has 2 unspecified atom stereocenters. The maximum absolute atomic E-state index is 5.95. The van der Waals surface area contributed by atoms with E-state index in [1.165, 1.54) is 90.9 Å². The molecule has 6 heteroatoms. The lowest BCUT2D eigenvalue weighted by Crippen LogP contribution is -1.99. The van der Waals surface area contributed by atoms with E-state index in [0.717, 1.165) is 60.9 Å². The molecule has 0 spiro atoms. The van der Waals surface area contributed by atoms with Crippen molar-refractivity contribution in [2.24, 2.45) is 23.7 Å². The topological polar surface area (TPSA) is 18.5 Å². The molecular formula is C38H56Br2O2S2. The Balaban J connectivity index is 1.65. The molecule has 1 aromatic carbocycles. The zero-order valence-corrected chi connectivity index (χ0v) is 33.3. The third-order valence-corrected chi connectivity index (χ3v) is 13.1. The lowest BCUT2D eigenvalue weighted by molar-refractivity contribution is 0.396. The summed E-state index contributed by atoms with van der Waals surface area (Å²) in [5.74, 6) is 5.03. The van der Waals surface area contributed by atoms with E-state index in [1.54, 1.807) is 14.2 Å². The van der Waals surface area contributed by atoms with Crippen molar-refractivity contribution in [1.29, 1.82) is 0 Å². The highest BCUT2D eigenvalue weighted by molar-refractivity contribution is 9.10. The largest absolute Gasteiger partial charge is 0.496 e. The first-order valence-corrected chi connectivity index (χ1v) is 20.0. The van der Waals surface area contributed by atoms with Crippen LogP contribution in [0.2, 0.25) is 0 Å². The summed E-state index contributed by atoms with van der Waals surface area (Å²) in [7, 11) is 3.57. The Hall–Kier alpha value is -0.820. The van der Waals surface area contributed by atoms with Gasteiger partial charge in [0, 0.05) is 52.4 Å². The van der Waals surface area contributed by atoms with Crippen molar-refractivity contribution < 1.29 is 9.47 Å². The zero-order valence-electron chi connectivity index (χ0n) is 28.5. The zero-order chi connectivity index (χ0) is 32.2. The fourth-order valence-electron chi connectivity index (χ4n) is 5.87. The minimum absolute atomic E-state index is 0.776. The van der Waals surface area contributed by atoms with Gasteiger partial charge in [-0.05, 0) is 105 Å². The third-order valence-electron chi connectivity index (χ3n) is 8.73. The van der Waals surface area contributed by atoms with Gasteiger partial charge >= 0.3 is 0 Å². The van der Waals surface area contributed by atoms with Gasteiger partial charge in [-0.3, -0.25) is 0 Å². The van der Waals surface area contributed by atoms with Crippen LogP contribution in [0.3, 0.4) is 0 Å². The smallest absolute Gasteiger partial charge is 0.122 e. The number of hydrogen-bond acceptors (Lipinski definition) is 4. The molecule has 0 saturated carbocycles. The first kappa shape index (κ1) is 37.6. The van der Waals surface area contributed by atoms with Crippen LogP contribution in [0.5, 0.6) is 11.5 Å². The lowest BCUT2D eigenvalue weighted by Gasteiger charge is -2.15. The predicted molar refractivity (Wildman–Crippen MR) is 202 cm³/mol. The first-order chi connectivity index (χ1) is 21.0. The Morgan fingerprint density at radius 1 is 0.568 bits per heavy atom. The molecule has 0 aliphatic rings. The summed E-state index contributed by atoms with van der Waals surface area (Å²) in [6.45, 7) is 14.1. The van der Waals surface area contributed by atoms with Gasteiger partial charge in [0.1, 0.15) is 11.5 Å². The molecule has 3 rings (SSSR count). The lowest BCUT2D eigenvalue weighted by atomic mass is 9.96. The Kier molecular flexibility index (Phi) is 16.3. The monoisotopic (exact) mass is 766 g/mol. The molecule has 2 aromatic heterocycles. The molecular weight excluding hydrogens is 712 g/mol. The third kappa shape index (κ3) is 12.4. The fraction of sp³-hybridized carbons (Fsp3) is 0.632. The summed E-state index contributed by atoms with van der Waals surface area (Å²) in [6.07, 6.45) is 14.5. The van der Waals surface area contributed by atoms with Crippen LogP contribution in [0.15, 0.2) is 33.2 Å². The SMILES string of the molecule is COc1cc(Cc2sc(CCC(C)CCCC(C)C)cc2Br)c(OC)cc1Cc1sc(CCC(C)CCCC(C)C)cc1Br. The van der Waals surface area contributed by atoms with Gasteiger partial charge in [-0.25, -0.2) is 0 Å². The van der Waals surface area contributed by atoms with Gasteiger partial charge in [-0.2, -0.15) is 0 Å². The van der Waals surface area contributed by atoms with E-state index in [2.05, 4.69) is 97.7 Å². The van der Waals surface area contributed by atoms with E-state index < -0.39 is 0 Å². The number of ether oxygens (including phenoxy) is 2. The van der Waals surface area contributed by atoms with Gasteiger partial charge in [0.25, 0.3) is 0 Å². The second kappa shape index (κ2) is 19.1. The normalized spacial score (nSPS) is 13.2. The summed E-state index contributed by atoms with van der Waals surface area (Å²) in [5.41, 5.74) is 2.34. The van der Waals surface area contributed by atoms with Crippen LogP contribution in [0, 0.1) is 23.7 Å². The number of thiophene rings is 2. The number of halogens is 2. The van der Waals surface area contributed by atoms with Gasteiger partial charge in [-0.15, -0.1) is 22.7 Å². The van der Waals surface area contributed by atoms with Crippen LogP contribution >= 0.6 is 54.5 Å². The molecule has 44 heavy (non-hydrogen) atoms. The molecule has 2 heterocycles. The maximum Gasteiger partial charge on any atom is 0.122 e. The van der Waals surface area contributed by atoms with Gasteiger partial charge in [0.2, 0.25) is 0 Å². The van der Waals surface area contributed by atoms with Crippen molar-refractivity contribution in [3.8, 4) is 11.5 Å². The summed E-state index contributed by atoms with van der Waals surface area (Å²) in [6, 6.07) is 9.05. The van der Waals surface area contributed by atoms with Crippen molar-refractivity contribution in [2.75, 3.05) is 14.2 Å². The first-order valence-electron chi connectivity index (χ1n) is 16.8. The van der Waals surface area contributed by atoms with Gasteiger partial charge in [0.05, 0.1) is 14.2 Å². The Morgan fingerprint density at radius 3 is 1.30 bits per heavy atom. The number of benzene rings is 1. The summed E-state index contributed by atoms with van der Waals surface area (Å²) in [5, 5.41) is 0. The van der Waals surface area contributed by atoms with E-state index in [4.69, 9.17) is 9.47 Å². The number of rotatable bonds is 20. The highest BCUT2D eigenvalue weighted by atomic mass is 79.9. The van der Waals surface area contributed by atoms with E-state index in [9.17, 15) is 0 Å². The van der Waals surface area contributed by atoms with Gasteiger partial charge < -0.3 is 9.47 Å². The standard InChI is InChI=1S/C38H56Br2O2S2/c1-25(2)11-9-13-27(5)15-17-31-23-33(39)37(43-31)21-29-19-36(42-8)30(20-35(29)41-7)22-38-34(40)24-32(44-38)18-16-28(6)14-10-12-26(3)4/h19-20,23-28H,9-18,21-22H2,1-8H3. The molecule has 2 nitrogen and oxygen atoms in total. The number of methoxy groups -OCH3 is 2. The van der Waals surface area contributed by atoms with Crippen LogP contribution in [0.1, 0.15) is 124 Å². The van der Waals surface area contributed by atoms with Gasteiger partial charge in [0.15, 0.2) is 0 Å². The molecule has 246 valence electrons. The second-order valence-electron chi connectivity index (χ2n) is 13.7. The average Bonchev–Trinajstić information content (AvgIpc) is 3.51. The van der Waals surface area contributed by atoms with Gasteiger partial charge in [-0.1, -0.05) is 80.1 Å². The molecule has 0 aliphatic heterocycles. The van der Waals surface area contributed by atoms with E-state index in [-0.39, 0.29) is 0 Å². The molecule has 0 N–H and O–H groups in total. The number of aryl methyl sites for hydroxylation is 2. The maximum atomic E-state index is 5.95. The predicted octanol–water partition coefficient (Wildman–Crippen LogP) is 13.3. The van der Waals surface area contributed by atoms with Crippen LogP contribution in [0.4, 0.5) is 0 Å². The van der Waals surface area contributed by atoms with Crippen molar-refractivity contribution in [2.45, 2.75) is 119 Å². The van der Waals surface area contributed by atoms with Crippen molar-refractivity contribution in [3.05, 3.63) is 63.8 Å². The molecule has 2 atom stereocenters. The summed E-state index contributed by atoms with van der Waals surface area (Å²) < 4.78 is 14.3. The highest BCUT2D eigenvalue weighted by Gasteiger charge is 2.18. The molecule has 3 aromatic rings. The van der Waals surface area contributed by atoms with Crippen LogP contribution in [0.25, 0.3) is 0 Å². The van der Waals surface area contributed by atoms with Crippen LogP contribution in [-0.2, 0) is 25.7 Å². The van der Waals surface area contributed by atoms with Crippen molar-refractivity contribution in [3.63, 3.8) is 0 Å². The summed E-state index contributed by atoms with van der Waals surface area (Å²) >= 11 is 11.6. The number of hydrogen-bond donors (Lipinski definition) is 0. The Labute approximate surface area is 294 Å². The Morgan fingerprint density at radius 2 is 0.955 bits per heavy atom. The Bertz CT molecular complexity index is 1180. The summed E-state index contributed by atoms with van der Waals surface area (Å²) in [4.78, 5) is 5.64. The second-order valence-corrected chi connectivity index (χ2v) is 17.9. The quantitative estimate of drug-likeness (QED) is 0.114. The van der Waals surface area contributed by atoms with E-state index >= 15 is 0 Å². The van der Waals surface area contributed by atoms with Crippen molar-refractivity contribution in [1.82, 2.24) is 0 Å². The minimum atomic E-state index is 0.776. The molecule has 0 amide bonds. The van der Waals surface area contributed by atoms with Crippen molar-refractivity contribution >= 4 is 54.5 Å². The highest BCUT2D eigenvalue weighted by Crippen LogP contribution is 2.39. The van der Waals surface area contributed by atoms with E-state index in [1.807, 2.05) is 22.7 Å². The fourth-order valence-corrected chi connectivity index (χ4v) is 9.68. The van der Waals surface area contributed by atoms with Crippen LogP contribution in [-0.4, -0.2) is 14.2 Å². The molecule has 0 saturated heterocycles. The average molecular weight is 769 g/mol. The molecule has 0 aliphatic carbocycles. The minimum Gasteiger partial charge on any atom is -0.496 e. The molecule has 0 fully saturated rings. The molecule has 0 radical (unpaired) electrons. The molecule has 0 bridgehead atoms.